The predicted molar refractivity (Wildman–Crippen MR) is 126 cm³/mol. The molecule has 6 heteroatoms. The Morgan fingerprint density at radius 1 is 1.15 bits per heavy atom. The molecule has 34 heavy (non-hydrogen) atoms. The van der Waals surface area contributed by atoms with E-state index >= 15 is 0 Å². The molecule has 0 bridgehead atoms. The molecule has 5 rings (SSSR count). The minimum absolute atomic E-state index is 0.0668. The second kappa shape index (κ2) is 8.63. The SMILES string of the molecule is CC1(C)Cc2nc(C3CCC3)c(C(O)C3C=CC(C(F)(F)F)=CC3)c(C3=CCCC3)c2C(O)C1. The quantitative estimate of drug-likeness (QED) is 0.494. The molecule has 4 aliphatic rings. The third kappa shape index (κ3) is 4.28. The minimum atomic E-state index is -4.38. The summed E-state index contributed by atoms with van der Waals surface area (Å²) >= 11 is 0. The van der Waals surface area contributed by atoms with Gasteiger partial charge in [0.05, 0.1) is 23.5 Å². The summed E-state index contributed by atoms with van der Waals surface area (Å²) in [6.07, 6.45) is 7.53. The molecule has 1 aromatic rings. The van der Waals surface area contributed by atoms with Crippen molar-refractivity contribution >= 4 is 5.57 Å². The lowest BCUT2D eigenvalue weighted by Gasteiger charge is -2.39. The van der Waals surface area contributed by atoms with Crippen molar-refractivity contribution in [3.05, 3.63) is 58.0 Å². The van der Waals surface area contributed by atoms with Crippen molar-refractivity contribution in [2.24, 2.45) is 11.3 Å². The van der Waals surface area contributed by atoms with Crippen molar-refractivity contribution in [2.45, 2.75) is 95.9 Å². The minimum Gasteiger partial charge on any atom is -0.388 e. The number of nitrogens with zero attached hydrogens (tertiary/aromatic N) is 1. The van der Waals surface area contributed by atoms with E-state index in [0.717, 1.165) is 84.7 Å². The average molecular weight is 474 g/mol. The van der Waals surface area contributed by atoms with E-state index in [1.807, 2.05) is 0 Å². The summed E-state index contributed by atoms with van der Waals surface area (Å²) in [6.45, 7) is 4.30. The van der Waals surface area contributed by atoms with Crippen LogP contribution in [0.1, 0.15) is 111 Å². The first-order valence-electron chi connectivity index (χ1n) is 12.6. The van der Waals surface area contributed by atoms with Crippen LogP contribution in [0, 0.1) is 11.3 Å². The summed E-state index contributed by atoms with van der Waals surface area (Å²) in [5, 5.41) is 23.0. The van der Waals surface area contributed by atoms with Crippen LogP contribution < -0.4 is 0 Å². The highest BCUT2D eigenvalue weighted by atomic mass is 19.4. The second-order valence-electron chi connectivity index (χ2n) is 11.3. The number of aliphatic hydroxyl groups excluding tert-OH is 2. The average Bonchev–Trinajstić information content (AvgIpc) is 3.24. The molecule has 1 saturated carbocycles. The first-order valence-corrected chi connectivity index (χ1v) is 12.6. The normalized spacial score (nSPS) is 27.6. The Balaban J connectivity index is 1.65. The molecule has 3 unspecified atom stereocenters. The van der Waals surface area contributed by atoms with Crippen LogP contribution in [-0.2, 0) is 6.42 Å². The summed E-state index contributed by atoms with van der Waals surface area (Å²) in [4.78, 5) is 5.12. The van der Waals surface area contributed by atoms with Crippen molar-refractivity contribution in [3.63, 3.8) is 0 Å². The summed E-state index contributed by atoms with van der Waals surface area (Å²) in [7, 11) is 0. The maximum Gasteiger partial charge on any atom is 0.416 e. The van der Waals surface area contributed by atoms with Gasteiger partial charge in [-0.3, -0.25) is 4.98 Å². The molecule has 0 saturated heterocycles. The van der Waals surface area contributed by atoms with Gasteiger partial charge in [-0.15, -0.1) is 0 Å². The molecule has 184 valence electrons. The molecule has 1 heterocycles. The molecule has 3 atom stereocenters. The van der Waals surface area contributed by atoms with E-state index in [9.17, 15) is 23.4 Å². The molecule has 1 aromatic heterocycles. The summed E-state index contributed by atoms with van der Waals surface area (Å²) < 4.78 is 39.5. The Morgan fingerprint density at radius 2 is 1.91 bits per heavy atom. The molecule has 2 N–H and O–H groups in total. The van der Waals surface area contributed by atoms with Gasteiger partial charge in [0, 0.05) is 28.7 Å². The highest BCUT2D eigenvalue weighted by molar-refractivity contribution is 5.75. The summed E-state index contributed by atoms with van der Waals surface area (Å²) in [5.74, 6) is -0.200. The fraction of sp³-hybridized carbons (Fsp3) is 0.607. The van der Waals surface area contributed by atoms with Crippen molar-refractivity contribution in [3.8, 4) is 0 Å². The van der Waals surface area contributed by atoms with Gasteiger partial charge in [-0.1, -0.05) is 44.6 Å². The zero-order chi connectivity index (χ0) is 24.3. The Kier molecular flexibility index (Phi) is 6.04. The highest BCUT2D eigenvalue weighted by Gasteiger charge is 2.41. The van der Waals surface area contributed by atoms with Gasteiger partial charge in [0.15, 0.2) is 0 Å². The zero-order valence-corrected chi connectivity index (χ0v) is 20.0. The van der Waals surface area contributed by atoms with Gasteiger partial charge in [0.1, 0.15) is 0 Å². The smallest absolute Gasteiger partial charge is 0.388 e. The molecule has 0 radical (unpaired) electrons. The number of pyridine rings is 1. The molecule has 0 aliphatic heterocycles. The highest BCUT2D eigenvalue weighted by Crippen LogP contribution is 2.51. The molecule has 3 nitrogen and oxygen atoms in total. The number of hydrogen-bond donors (Lipinski definition) is 2. The van der Waals surface area contributed by atoms with Gasteiger partial charge >= 0.3 is 6.18 Å². The molecule has 4 aliphatic carbocycles. The van der Waals surface area contributed by atoms with Crippen LogP contribution in [0.5, 0.6) is 0 Å². The maximum atomic E-state index is 13.2. The van der Waals surface area contributed by atoms with Crippen LogP contribution >= 0.6 is 0 Å². The van der Waals surface area contributed by atoms with Crippen molar-refractivity contribution in [1.29, 1.82) is 0 Å². The second-order valence-corrected chi connectivity index (χ2v) is 11.3. The van der Waals surface area contributed by atoms with Crippen LogP contribution in [0.2, 0.25) is 0 Å². The lowest BCUT2D eigenvalue weighted by atomic mass is 9.69. The first kappa shape index (κ1) is 23.8. The Morgan fingerprint density at radius 3 is 2.47 bits per heavy atom. The Bertz CT molecular complexity index is 1060. The lowest BCUT2D eigenvalue weighted by molar-refractivity contribution is -0.0889. The van der Waals surface area contributed by atoms with Crippen LogP contribution in [-0.4, -0.2) is 21.4 Å². The van der Waals surface area contributed by atoms with Crippen LogP contribution in [0.3, 0.4) is 0 Å². The molecule has 0 aromatic carbocycles. The van der Waals surface area contributed by atoms with Gasteiger partial charge in [-0.2, -0.15) is 13.2 Å². The first-order chi connectivity index (χ1) is 16.0. The van der Waals surface area contributed by atoms with E-state index in [1.165, 1.54) is 12.2 Å². The van der Waals surface area contributed by atoms with Gasteiger partial charge in [-0.25, -0.2) is 0 Å². The van der Waals surface area contributed by atoms with Gasteiger partial charge in [0.25, 0.3) is 0 Å². The number of alkyl halides is 3. The molecular weight excluding hydrogens is 439 g/mol. The largest absolute Gasteiger partial charge is 0.416 e. The monoisotopic (exact) mass is 473 g/mol. The third-order valence-corrected chi connectivity index (χ3v) is 8.12. The van der Waals surface area contributed by atoms with E-state index in [4.69, 9.17) is 4.98 Å². The number of fused-ring (bicyclic) bond motifs is 1. The number of allylic oxidation sites excluding steroid dienone is 5. The number of aliphatic hydroxyl groups is 2. The maximum absolute atomic E-state index is 13.2. The fourth-order valence-corrected chi connectivity index (χ4v) is 6.16. The van der Waals surface area contributed by atoms with Crippen molar-refractivity contribution in [1.82, 2.24) is 4.98 Å². The molecular formula is C28H34F3NO2. The van der Waals surface area contributed by atoms with Gasteiger partial charge in [-0.05, 0) is 67.9 Å². The van der Waals surface area contributed by atoms with Gasteiger partial charge in [0.2, 0.25) is 0 Å². The van der Waals surface area contributed by atoms with E-state index in [0.29, 0.717) is 6.42 Å². The zero-order valence-electron chi connectivity index (χ0n) is 20.0. The summed E-state index contributed by atoms with van der Waals surface area (Å²) in [6, 6.07) is 0. The van der Waals surface area contributed by atoms with Gasteiger partial charge < -0.3 is 10.2 Å². The van der Waals surface area contributed by atoms with E-state index in [-0.39, 0.29) is 17.8 Å². The van der Waals surface area contributed by atoms with Crippen LogP contribution in [0.4, 0.5) is 13.2 Å². The van der Waals surface area contributed by atoms with Crippen LogP contribution in [0.25, 0.3) is 5.57 Å². The molecule has 0 amide bonds. The van der Waals surface area contributed by atoms with Crippen LogP contribution in [0.15, 0.2) is 29.9 Å². The van der Waals surface area contributed by atoms with E-state index in [2.05, 4.69) is 19.9 Å². The topological polar surface area (TPSA) is 53.4 Å². The Hall–Kier alpha value is -1.92. The fourth-order valence-electron chi connectivity index (χ4n) is 6.16. The summed E-state index contributed by atoms with van der Waals surface area (Å²) in [5.41, 5.74) is 4.81. The predicted octanol–water partition coefficient (Wildman–Crippen LogP) is 7.02. The molecule has 1 fully saturated rings. The number of aromatic nitrogens is 1. The van der Waals surface area contributed by atoms with Crippen molar-refractivity contribution in [2.75, 3.05) is 0 Å². The van der Waals surface area contributed by atoms with Crippen molar-refractivity contribution < 1.29 is 23.4 Å². The van der Waals surface area contributed by atoms with E-state index in [1.54, 1.807) is 0 Å². The number of hydrogen-bond acceptors (Lipinski definition) is 3. The number of halogens is 3. The number of rotatable bonds is 4. The molecule has 0 spiro atoms. The lowest BCUT2D eigenvalue weighted by Crippen LogP contribution is -2.31. The third-order valence-electron chi connectivity index (χ3n) is 8.12. The van der Waals surface area contributed by atoms with E-state index < -0.39 is 29.9 Å². The Labute approximate surface area is 199 Å². The standard InChI is InChI=1S/C28H34F3NO2/c1-27(2)14-20-23(21(33)15-27)22(16-6-3-4-7-16)24(25(32-20)17-8-5-9-17)26(34)18-10-12-19(13-11-18)28(29,30)31/h6,10,12-13,17-18,21,26,33-34H,3-5,7-9,11,14-15H2,1-2H3.